The largest absolute Gasteiger partial charge is 0.317 e. The highest BCUT2D eigenvalue weighted by Gasteiger charge is 2.20. The van der Waals surface area contributed by atoms with Crippen LogP contribution in [0, 0.1) is 12.8 Å². The van der Waals surface area contributed by atoms with Crippen LogP contribution >= 0.6 is 11.6 Å². The van der Waals surface area contributed by atoms with Crippen LogP contribution in [0.3, 0.4) is 0 Å². The first-order valence-corrected chi connectivity index (χ1v) is 6.54. The van der Waals surface area contributed by atoms with Crippen LogP contribution in [0.15, 0.2) is 23.2 Å². The topological polar surface area (TPSA) is 24.4 Å². The maximum absolute atomic E-state index is 6.00. The number of aliphatic imine (C=N–C) groups is 1. The number of piperidine rings is 1. The average molecular weight is 251 g/mol. The van der Waals surface area contributed by atoms with Gasteiger partial charge in [-0.05, 0) is 56.1 Å². The molecule has 1 fully saturated rings. The van der Waals surface area contributed by atoms with E-state index in [2.05, 4.69) is 23.3 Å². The van der Waals surface area contributed by atoms with Crippen LogP contribution in [0.5, 0.6) is 0 Å². The van der Waals surface area contributed by atoms with Gasteiger partial charge in [0.1, 0.15) is 0 Å². The quantitative estimate of drug-likeness (QED) is 0.802. The van der Waals surface area contributed by atoms with Gasteiger partial charge in [-0.3, -0.25) is 4.99 Å². The van der Waals surface area contributed by atoms with Crippen LogP contribution in [0.25, 0.3) is 0 Å². The van der Waals surface area contributed by atoms with Gasteiger partial charge in [0.15, 0.2) is 0 Å². The summed E-state index contributed by atoms with van der Waals surface area (Å²) < 4.78 is 0. The molecule has 0 aliphatic carbocycles. The average Bonchev–Trinajstić information content (AvgIpc) is 2.34. The number of nitrogens with one attached hydrogen (secondary N) is 1. The molecule has 3 heteroatoms. The Morgan fingerprint density at radius 1 is 1.35 bits per heavy atom. The number of halogens is 1. The summed E-state index contributed by atoms with van der Waals surface area (Å²) in [6, 6.07) is 6.07. The van der Waals surface area contributed by atoms with Gasteiger partial charge in [-0.2, -0.15) is 0 Å². The lowest BCUT2D eigenvalue weighted by Crippen LogP contribution is -2.32. The SMILES string of the molecule is CN=C(c1ccc(Cl)cc1C)C1CCNCC1. The van der Waals surface area contributed by atoms with E-state index >= 15 is 0 Å². The van der Waals surface area contributed by atoms with Crippen LogP contribution in [0.4, 0.5) is 0 Å². The van der Waals surface area contributed by atoms with Crippen molar-refractivity contribution in [3.05, 3.63) is 34.3 Å². The van der Waals surface area contributed by atoms with E-state index in [1.165, 1.54) is 29.7 Å². The highest BCUT2D eigenvalue weighted by Crippen LogP contribution is 2.23. The van der Waals surface area contributed by atoms with Gasteiger partial charge in [-0.15, -0.1) is 0 Å². The lowest BCUT2D eigenvalue weighted by Gasteiger charge is -2.25. The van der Waals surface area contributed by atoms with E-state index in [1.807, 2.05) is 19.2 Å². The van der Waals surface area contributed by atoms with E-state index in [0.29, 0.717) is 5.92 Å². The second-order valence-electron chi connectivity index (χ2n) is 4.59. The number of rotatable bonds is 2. The lowest BCUT2D eigenvalue weighted by atomic mass is 9.87. The van der Waals surface area contributed by atoms with Gasteiger partial charge >= 0.3 is 0 Å². The lowest BCUT2D eigenvalue weighted by molar-refractivity contribution is 0.456. The van der Waals surface area contributed by atoms with Crippen molar-refractivity contribution in [1.29, 1.82) is 0 Å². The smallest absolute Gasteiger partial charge is 0.0451 e. The van der Waals surface area contributed by atoms with Crippen molar-refractivity contribution < 1.29 is 0 Å². The Kier molecular flexibility index (Phi) is 4.19. The third-order valence-electron chi connectivity index (χ3n) is 3.43. The molecule has 0 radical (unpaired) electrons. The minimum Gasteiger partial charge on any atom is -0.317 e. The zero-order valence-electron chi connectivity index (χ0n) is 10.5. The summed E-state index contributed by atoms with van der Waals surface area (Å²) in [5.74, 6) is 0.584. The first-order chi connectivity index (χ1) is 8.22. The highest BCUT2D eigenvalue weighted by atomic mass is 35.5. The molecule has 1 N–H and O–H groups in total. The first kappa shape index (κ1) is 12.6. The summed E-state index contributed by atoms with van der Waals surface area (Å²) >= 11 is 6.00. The molecule has 1 saturated heterocycles. The van der Waals surface area contributed by atoms with Crippen LogP contribution < -0.4 is 5.32 Å². The van der Waals surface area contributed by atoms with Gasteiger partial charge in [0, 0.05) is 23.7 Å². The zero-order chi connectivity index (χ0) is 12.3. The Labute approximate surface area is 108 Å². The van der Waals surface area contributed by atoms with Crippen molar-refractivity contribution in [2.24, 2.45) is 10.9 Å². The van der Waals surface area contributed by atoms with Gasteiger partial charge in [0.2, 0.25) is 0 Å². The zero-order valence-corrected chi connectivity index (χ0v) is 11.2. The third-order valence-corrected chi connectivity index (χ3v) is 3.67. The molecule has 0 atom stereocenters. The van der Waals surface area contributed by atoms with Crippen molar-refractivity contribution in [2.45, 2.75) is 19.8 Å². The van der Waals surface area contributed by atoms with Gasteiger partial charge in [0.05, 0.1) is 0 Å². The Balaban J connectivity index is 2.28. The van der Waals surface area contributed by atoms with E-state index in [4.69, 9.17) is 11.6 Å². The molecule has 1 aromatic rings. The summed E-state index contributed by atoms with van der Waals surface area (Å²) in [5, 5.41) is 4.19. The van der Waals surface area contributed by atoms with E-state index in [1.54, 1.807) is 0 Å². The minimum atomic E-state index is 0.584. The molecule has 1 heterocycles. The molecule has 1 aliphatic heterocycles. The fraction of sp³-hybridized carbons (Fsp3) is 0.500. The summed E-state index contributed by atoms with van der Waals surface area (Å²) in [6.45, 7) is 4.29. The fourth-order valence-electron chi connectivity index (χ4n) is 2.53. The first-order valence-electron chi connectivity index (χ1n) is 6.16. The molecule has 2 rings (SSSR count). The van der Waals surface area contributed by atoms with Crippen molar-refractivity contribution in [2.75, 3.05) is 20.1 Å². The third kappa shape index (κ3) is 2.88. The van der Waals surface area contributed by atoms with Gasteiger partial charge in [-0.1, -0.05) is 17.7 Å². The number of nitrogens with zero attached hydrogens (tertiary/aromatic N) is 1. The Morgan fingerprint density at radius 2 is 2.06 bits per heavy atom. The summed E-state index contributed by atoms with van der Waals surface area (Å²) in [7, 11) is 1.89. The van der Waals surface area contributed by atoms with Crippen LogP contribution in [-0.2, 0) is 0 Å². The van der Waals surface area contributed by atoms with Gasteiger partial charge in [0.25, 0.3) is 0 Å². The minimum absolute atomic E-state index is 0.584. The number of hydrogen-bond acceptors (Lipinski definition) is 2. The molecule has 92 valence electrons. The number of aryl methyl sites for hydroxylation is 1. The standard InChI is InChI=1S/C14H19ClN2/c1-10-9-12(15)3-4-13(10)14(16-2)11-5-7-17-8-6-11/h3-4,9,11,17H,5-8H2,1-2H3. The van der Waals surface area contributed by atoms with Crippen molar-refractivity contribution in [3.63, 3.8) is 0 Å². The van der Waals surface area contributed by atoms with E-state index in [0.717, 1.165) is 18.1 Å². The van der Waals surface area contributed by atoms with Crippen molar-refractivity contribution in [1.82, 2.24) is 5.32 Å². The molecule has 0 amide bonds. The van der Waals surface area contributed by atoms with Gasteiger partial charge in [-0.25, -0.2) is 0 Å². The molecule has 0 aromatic heterocycles. The molecule has 17 heavy (non-hydrogen) atoms. The van der Waals surface area contributed by atoms with Crippen molar-refractivity contribution in [3.8, 4) is 0 Å². The molecular weight excluding hydrogens is 232 g/mol. The molecule has 2 nitrogen and oxygen atoms in total. The van der Waals surface area contributed by atoms with Gasteiger partial charge < -0.3 is 5.32 Å². The number of benzene rings is 1. The molecule has 1 aliphatic rings. The van der Waals surface area contributed by atoms with E-state index in [-0.39, 0.29) is 0 Å². The maximum atomic E-state index is 6.00. The molecule has 0 unspecified atom stereocenters. The molecule has 1 aromatic carbocycles. The second-order valence-corrected chi connectivity index (χ2v) is 5.03. The predicted octanol–water partition coefficient (Wildman–Crippen LogP) is 3.07. The monoisotopic (exact) mass is 250 g/mol. The molecular formula is C14H19ClN2. The molecule has 0 saturated carbocycles. The fourth-order valence-corrected chi connectivity index (χ4v) is 2.76. The predicted molar refractivity (Wildman–Crippen MR) is 74.2 cm³/mol. The van der Waals surface area contributed by atoms with Crippen LogP contribution in [-0.4, -0.2) is 25.8 Å². The maximum Gasteiger partial charge on any atom is 0.0451 e. The van der Waals surface area contributed by atoms with E-state index < -0.39 is 0 Å². The summed E-state index contributed by atoms with van der Waals surface area (Å²) in [6.07, 6.45) is 2.35. The Bertz CT molecular complexity index is 420. The van der Waals surface area contributed by atoms with Crippen LogP contribution in [0.2, 0.25) is 5.02 Å². The van der Waals surface area contributed by atoms with Crippen LogP contribution in [0.1, 0.15) is 24.0 Å². The summed E-state index contributed by atoms with van der Waals surface area (Å²) in [4.78, 5) is 4.52. The van der Waals surface area contributed by atoms with E-state index in [9.17, 15) is 0 Å². The highest BCUT2D eigenvalue weighted by molar-refractivity contribution is 6.30. The molecule has 0 bridgehead atoms. The normalized spacial score (nSPS) is 18.4. The second kappa shape index (κ2) is 5.65. The Hall–Kier alpha value is -0.860. The van der Waals surface area contributed by atoms with Crippen molar-refractivity contribution >= 4 is 17.3 Å². The number of hydrogen-bond donors (Lipinski definition) is 1. The molecule has 0 spiro atoms. The summed E-state index contributed by atoms with van der Waals surface area (Å²) in [5.41, 5.74) is 3.71. The Morgan fingerprint density at radius 3 is 2.65 bits per heavy atom.